The highest BCUT2D eigenvalue weighted by Gasteiger charge is 2.23. The van der Waals surface area contributed by atoms with Crippen LogP contribution in [0.1, 0.15) is 50.6 Å². The van der Waals surface area contributed by atoms with Crippen molar-refractivity contribution in [2.24, 2.45) is 5.92 Å². The first-order chi connectivity index (χ1) is 9.22. The number of nitrogens with one attached hydrogen (secondary N) is 1. The fourth-order valence-corrected chi connectivity index (χ4v) is 2.42. The van der Waals surface area contributed by atoms with Gasteiger partial charge in [0, 0.05) is 16.7 Å². The van der Waals surface area contributed by atoms with Gasteiger partial charge in [0.25, 0.3) is 5.91 Å². The van der Waals surface area contributed by atoms with Gasteiger partial charge in [-0.15, -0.1) is 0 Å². The number of carboxylic acids is 1. The van der Waals surface area contributed by atoms with Gasteiger partial charge in [-0.25, -0.2) is 4.79 Å². The van der Waals surface area contributed by atoms with Gasteiger partial charge in [-0.1, -0.05) is 13.8 Å². The number of amides is 1. The average Bonchev–Trinajstić information content (AvgIpc) is 2.69. The van der Waals surface area contributed by atoms with Gasteiger partial charge in [-0.3, -0.25) is 4.79 Å². The molecule has 1 aromatic heterocycles. The van der Waals surface area contributed by atoms with Crippen molar-refractivity contribution < 1.29 is 14.7 Å². The number of nitrogens with zero attached hydrogens (tertiary/aromatic N) is 1. The maximum absolute atomic E-state index is 12.3. The van der Waals surface area contributed by atoms with E-state index in [1.165, 1.54) is 0 Å². The first-order valence-corrected chi connectivity index (χ1v) is 7.42. The second-order valence-electron chi connectivity index (χ2n) is 5.54. The van der Waals surface area contributed by atoms with Crippen LogP contribution in [0, 0.1) is 5.92 Å². The summed E-state index contributed by atoms with van der Waals surface area (Å²) in [6.07, 6.45) is 2.22. The van der Waals surface area contributed by atoms with Crippen LogP contribution < -0.4 is 5.32 Å². The summed E-state index contributed by atoms with van der Waals surface area (Å²) in [5, 5.41) is 11.8. The van der Waals surface area contributed by atoms with Crippen LogP contribution in [0.15, 0.2) is 16.7 Å². The molecule has 0 saturated carbocycles. The van der Waals surface area contributed by atoms with Crippen LogP contribution >= 0.6 is 15.9 Å². The normalized spacial score (nSPS) is 12.8. The summed E-state index contributed by atoms with van der Waals surface area (Å²) in [5.41, 5.74) is 0.460. The lowest BCUT2D eigenvalue weighted by molar-refractivity contribution is -0.139. The summed E-state index contributed by atoms with van der Waals surface area (Å²) in [4.78, 5) is 23.5. The van der Waals surface area contributed by atoms with Gasteiger partial charge in [0.1, 0.15) is 11.7 Å². The Balaban J connectivity index is 2.92. The Morgan fingerprint density at radius 3 is 2.40 bits per heavy atom. The van der Waals surface area contributed by atoms with Gasteiger partial charge in [0.15, 0.2) is 0 Å². The number of carbonyl (C=O) groups excluding carboxylic acids is 1. The van der Waals surface area contributed by atoms with E-state index in [1.54, 1.807) is 6.07 Å². The van der Waals surface area contributed by atoms with Crippen molar-refractivity contribution in [3.8, 4) is 0 Å². The molecule has 0 aliphatic heterocycles. The highest BCUT2D eigenvalue weighted by atomic mass is 79.9. The van der Waals surface area contributed by atoms with Crippen LogP contribution in [-0.2, 0) is 4.79 Å². The van der Waals surface area contributed by atoms with Gasteiger partial charge in [-0.05, 0) is 48.2 Å². The number of aliphatic carboxylic acids is 1. The van der Waals surface area contributed by atoms with Crippen molar-refractivity contribution >= 4 is 27.8 Å². The molecule has 0 fully saturated rings. The number of aromatic nitrogens is 1. The number of carboxylic acid groups (broad SMARTS) is 1. The number of carbonyl (C=O) groups is 2. The molecule has 0 spiro atoms. The van der Waals surface area contributed by atoms with E-state index in [2.05, 4.69) is 21.2 Å². The highest BCUT2D eigenvalue weighted by molar-refractivity contribution is 9.10. The largest absolute Gasteiger partial charge is 0.480 e. The molecular weight excluding hydrogens is 324 g/mol. The fraction of sp³-hybridized carbons (Fsp3) is 0.571. The van der Waals surface area contributed by atoms with Crippen LogP contribution in [0.4, 0.5) is 0 Å². The van der Waals surface area contributed by atoms with Crippen LogP contribution in [0.3, 0.4) is 0 Å². The van der Waals surface area contributed by atoms with E-state index < -0.39 is 12.0 Å². The molecular formula is C14H21BrN2O3. The van der Waals surface area contributed by atoms with Crippen molar-refractivity contribution in [2.45, 2.75) is 46.2 Å². The van der Waals surface area contributed by atoms with Crippen LogP contribution in [0.5, 0.6) is 0 Å². The summed E-state index contributed by atoms with van der Waals surface area (Å²) < 4.78 is 2.61. The van der Waals surface area contributed by atoms with Crippen LogP contribution in [0.2, 0.25) is 0 Å². The third kappa shape index (κ3) is 4.37. The molecule has 0 unspecified atom stereocenters. The molecule has 1 atom stereocenters. The van der Waals surface area contributed by atoms with Crippen LogP contribution in [0.25, 0.3) is 0 Å². The van der Waals surface area contributed by atoms with Gasteiger partial charge in [-0.2, -0.15) is 0 Å². The van der Waals surface area contributed by atoms with Gasteiger partial charge in [0.2, 0.25) is 0 Å². The summed E-state index contributed by atoms with van der Waals surface area (Å²) >= 11 is 3.34. The Hall–Kier alpha value is -1.30. The molecule has 1 aromatic rings. The second kappa shape index (κ2) is 6.92. The molecule has 1 heterocycles. The fourth-order valence-electron chi connectivity index (χ4n) is 1.98. The Labute approximate surface area is 127 Å². The Morgan fingerprint density at radius 1 is 1.35 bits per heavy atom. The van der Waals surface area contributed by atoms with Crippen molar-refractivity contribution in [3.05, 3.63) is 22.4 Å². The maximum atomic E-state index is 12.3. The zero-order chi connectivity index (χ0) is 15.4. The second-order valence-corrected chi connectivity index (χ2v) is 6.45. The third-order valence-corrected chi connectivity index (χ3v) is 3.35. The van der Waals surface area contributed by atoms with E-state index in [0.717, 1.165) is 4.47 Å². The number of hydrogen-bond donors (Lipinski definition) is 2. The van der Waals surface area contributed by atoms with Gasteiger partial charge in [0.05, 0.1) is 0 Å². The number of rotatable bonds is 6. The molecule has 0 aromatic carbocycles. The molecule has 2 N–H and O–H groups in total. The molecule has 5 nitrogen and oxygen atoms in total. The van der Waals surface area contributed by atoms with E-state index >= 15 is 0 Å². The summed E-state index contributed by atoms with van der Waals surface area (Å²) in [6, 6.07) is 0.955. The summed E-state index contributed by atoms with van der Waals surface area (Å²) in [6.45, 7) is 7.78. The topological polar surface area (TPSA) is 71.3 Å². The van der Waals surface area contributed by atoms with Crippen molar-refractivity contribution in [2.75, 3.05) is 0 Å². The predicted molar refractivity (Wildman–Crippen MR) is 80.9 cm³/mol. The molecule has 6 heteroatoms. The Morgan fingerprint density at radius 2 is 1.95 bits per heavy atom. The Kier molecular flexibility index (Phi) is 5.80. The molecule has 0 saturated heterocycles. The first kappa shape index (κ1) is 16.8. The van der Waals surface area contributed by atoms with E-state index in [1.807, 2.05) is 38.5 Å². The van der Waals surface area contributed by atoms with E-state index in [9.17, 15) is 14.7 Å². The van der Waals surface area contributed by atoms with Crippen molar-refractivity contribution in [1.29, 1.82) is 0 Å². The lowest BCUT2D eigenvalue weighted by atomic mass is 10.0. The summed E-state index contributed by atoms with van der Waals surface area (Å²) in [5.74, 6) is -1.17. The molecule has 0 bridgehead atoms. The zero-order valence-corrected chi connectivity index (χ0v) is 13.8. The molecule has 112 valence electrons. The molecule has 1 amide bonds. The van der Waals surface area contributed by atoms with E-state index in [-0.39, 0.29) is 17.9 Å². The minimum atomic E-state index is -1.01. The molecule has 0 radical (unpaired) electrons. The predicted octanol–water partition coefficient (Wildman–Crippen LogP) is 3.06. The highest BCUT2D eigenvalue weighted by Crippen LogP contribution is 2.19. The quantitative estimate of drug-likeness (QED) is 0.832. The Bertz CT molecular complexity index is 495. The van der Waals surface area contributed by atoms with Crippen molar-refractivity contribution in [1.82, 2.24) is 9.88 Å². The zero-order valence-electron chi connectivity index (χ0n) is 12.2. The lowest BCUT2D eigenvalue weighted by Crippen LogP contribution is -2.42. The SMILES string of the molecule is CC(C)C[C@H](NC(=O)c1cc(Br)cn1C(C)C)C(=O)O. The molecule has 0 aliphatic rings. The average molecular weight is 345 g/mol. The molecule has 20 heavy (non-hydrogen) atoms. The first-order valence-electron chi connectivity index (χ1n) is 6.63. The molecule has 0 aliphatic carbocycles. The smallest absolute Gasteiger partial charge is 0.326 e. The number of hydrogen-bond acceptors (Lipinski definition) is 2. The monoisotopic (exact) mass is 344 g/mol. The van der Waals surface area contributed by atoms with E-state index in [4.69, 9.17) is 0 Å². The third-order valence-electron chi connectivity index (χ3n) is 2.91. The minimum absolute atomic E-state index is 0.121. The van der Waals surface area contributed by atoms with Crippen molar-refractivity contribution in [3.63, 3.8) is 0 Å². The molecule has 1 rings (SSSR count). The number of halogens is 1. The van der Waals surface area contributed by atoms with Crippen LogP contribution in [-0.4, -0.2) is 27.6 Å². The van der Waals surface area contributed by atoms with Gasteiger partial charge < -0.3 is 15.0 Å². The lowest BCUT2D eigenvalue weighted by Gasteiger charge is -2.18. The standard InChI is InChI=1S/C14H21BrN2O3/c1-8(2)5-11(14(19)20)16-13(18)12-6-10(15)7-17(12)9(3)4/h6-9,11H,5H2,1-4H3,(H,16,18)(H,19,20)/t11-/m0/s1. The minimum Gasteiger partial charge on any atom is -0.480 e. The van der Waals surface area contributed by atoms with Gasteiger partial charge >= 0.3 is 5.97 Å². The van der Waals surface area contributed by atoms with E-state index in [0.29, 0.717) is 12.1 Å². The maximum Gasteiger partial charge on any atom is 0.326 e. The summed E-state index contributed by atoms with van der Waals surface area (Å²) in [7, 11) is 0.